The van der Waals surface area contributed by atoms with Gasteiger partial charge in [0.1, 0.15) is 11.6 Å². The van der Waals surface area contributed by atoms with Crippen LogP contribution in [-0.2, 0) is 0 Å². The third kappa shape index (κ3) is 3.56. The number of unbranched alkanes of at least 4 members (excludes halogenated alkanes) is 1. The summed E-state index contributed by atoms with van der Waals surface area (Å²) in [4.78, 5) is 14.7. The predicted molar refractivity (Wildman–Crippen MR) is 88.8 cm³/mol. The Morgan fingerprint density at radius 1 is 1.25 bits per heavy atom. The molecule has 6 nitrogen and oxygen atoms in total. The standard InChI is InChI=1S/C18H17N3O3/c1-12-10-14(15(11-20)18(22)21-12)13-6-5-7-16(23-2)17(13)24-9-4-3-8-19/h5-7,10H,3-4,9H2,1-2H3,(H,21,22). The first-order valence-electron chi connectivity index (χ1n) is 7.43. The van der Waals surface area contributed by atoms with E-state index in [2.05, 4.69) is 11.1 Å². The van der Waals surface area contributed by atoms with Crippen molar-refractivity contribution in [1.29, 1.82) is 10.5 Å². The number of hydrogen-bond acceptors (Lipinski definition) is 5. The third-order valence-corrected chi connectivity index (χ3v) is 3.45. The molecule has 0 spiro atoms. The summed E-state index contributed by atoms with van der Waals surface area (Å²) in [6.45, 7) is 2.09. The highest BCUT2D eigenvalue weighted by Crippen LogP contribution is 2.39. The molecule has 2 rings (SSSR count). The van der Waals surface area contributed by atoms with Gasteiger partial charge in [-0.15, -0.1) is 0 Å². The van der Waals surface area contributed by atoms with Gasteiger partial charge in [-0.3, -0.25) is 4.79 Å². The van der Waals surface area contributed by atoms with Gasteiger partial charge >= 0.3 is 0 Å². The normalized spacial score (nSPS) is 9.83. The van der Waals surface area contributed by atoms with Gasteiger partial charge in [0, 0.05) is 23.2 Å². The number of nitriles is 2. The molecule has 6 heteroatoms. The lowest BCUT2D eigenvalue weighted by atomic mass is 9.99. The van der Waals surface area contributed by atoms with Crippen molar-refractivity contribution >= 4 is 0 Å². The van der Waals surface area contributed by atoms with Crippen LogP contribution in [0.25, 0.3) is 11.1 Å². The molecule has 0 bridgehead atoms. The SMILES string of the molecule is COc1cccc(-c2cc(C)[nH]c(=O)c2C#N)c1OCCCC#N. The summed E-state index contributed by atoms with van der Waals surface area (Å²) in [7, 11) is 1.52. The lowest BCUT2D eigenvalue weighted by Crippen LogP contribution is -2.13. The zero-order valence-corrected chi connectivity index (χ0v) is 13.5. The predicted octanol–water partition coefficient (Wildman–Crippen LogP) is 2.91. The van der Waals surface area contributed by atoms with Gasteiger partial charge in [0.25, 0.3) is 5.56 Å². The van der Waals surface area contributed by atoms with Gasteiger partial charge in [-0.25, -0.2) is 0 Å². The van der Waals surface area contributed by atoms with Crippen LogP contribution in [0.3, 0.4) is 0 Å². The molecule has 0 unspecified atom stereocenters. The summed E-state index contributed by atoms with van der Waals surface area (Å²) in [6.07, 6.45) is 0.964. The topological polar surface area (TPSA) is 98.9 Å². The van der Waals surface area contributed by atoms with Gasteiger partial charge in [0.2, 0.25) is 0 Å². The van der Waals surface area contributed by atoms with E-state index < -0.39 is 5.56 Å². The molecule has 1 aromatic carbocycles. The van der Waals surface area contributed by atoms with Crippen LogP contribution in [0.2, 0.25) is 0 Å². The van der Waals surface area contributed by atoms with Crippen LogP contribution >= 0.6 is 0 Å². The molecule has 0 radical (unpaired) electrons. The van der Waals surface area contributed by atoms with Gasteiger partial charge in [0.05, 0.1) is 19.8 Å². The maximum Gasteiger partial charge on any atom is 0.266 e. The number of ether oxygens (including phenoxy) is 2. The highest BCUT2D eigenvalue weighted by molar-refractivity contribution is 5.78. The first-order chi connectivity index (χ1) is 11.6. The van der Waals surface area contributed by atoms with Crippen LogP contribution < -0.4 is 15.0 Å². The molecule has 0 aliphatic heterocycles. The molecule has 0 fully saturated rings. The first-order valence-corrected chi connectivity index (χ1v) is 7.43. The van der Waals surface area contributed by atoms with E-state index in [0.717, 1.165) is 0 Å². The van der Waals surface area contributed by atoms with Crippen molar-refractivity contribution in [3.63, 3.8) is 0 Å². The molecule has 0 aliphatic rings. The number of benzene rings is 1. The number of pyridine rings is 1. The fourth-order valence-corrected chi connectivity index (χ4v) is 2.38. The molecular formula is C18H17N3O3. The summed E-state index contributed by atoms with van der Waals surface area (Å²) in [6, 6.07) is 11.0. The van der Waals surface area contributed by atoms with Crippen LogP contribution in [0.4, 0.5) is 0 Å². The number of aromatic amines is 1. The number of aromatic nitrogens is 1. The summed E-state index contributed by atoms with van der Waals surface area (Å²) in [5.41, 5.74) is 1.33. The highest BCUT2D eigenvalue weighted by Gasteiger charge is 2.17. The average molecular weight is 323 g/mol. The largest absolute Gasteiger partial charge is 0.493 e. The van der Waals surface area contributed by atoms with Gasteiger partial charge in [-0.1, -0.05) is 12.1 Å². The molecule has 122 valence electrons. The van der Waals surface area contributed by atoms with Crippen LogP contribution in [-0.4, -0.2) is 18.7 Å². The zero-order chi connectivity index (χ0) is 17.5. The fourth-order valence-electron chi connectivity index (χ4n) is 2.38. The van der Waals surface area contributed by atoms with E-state index in [0.29, 0.717) is 47.8 Å². The summed E-state index contributed by atoms with van der Waals surface area (Å²) >= 11 is 0. The van der Waals surface area contributed by atoms with Crippen LogP contribution in [0, 0.1) is 29.6 Å². The minimum absolute atomic E-state index is 0.0238. The lowest BCUT2D eigenvalue weighted by molar-refractivity contribution is 0.292. The highest BCUT2D eigenvalue weighted by atomic mass is 16.5. The van der Waals surface area contributed by atoms with E-state index >= 15 is 0 Å². The molecule has 2 aromatic rings. The Hall–Kier alpha value is -3.25. The van der Waals surface area contributed by atoms with Crippen molar-refractivity contribution in [3.05, 3.63) is 45.9 Å². The number of aryl methyl sites for hydroxylation is 1. The number of hydrogen-bond donors (Lipinski definition) is 1. The van der Waals surface area contributed by atoms with Crippen LogP contribution in [0.15, 0.2) is 29.1 Å². The first kappa shape index (κ1) is 17.1. The van der Waals surface area contributed by atoms with Crippen molar-refractivity contribution in [2.24, 2.45) is 0 Å². The molecule has 0 amide bonds. The number of H-pyrrole nitrogens is 1. The third-order valence-electron chi connectivity index (χ3n) is 3.45. The Morgan fingerprint density at radius 3 is 2.71 bits per heavy atom. The molecular weight excluding hydrogens is 306 g/mol. The number of nitrogens with one attached hydrogen (secondary N) is 1. The monoisotopic (exact) mass is 323 g/mol. The summed E-state index contributed by atoms with van der Waals surface area (Å²) in [5, 5.41) is 18.0. The van der Waals surface area contributed by atoms with Gasteiger partial charge < -0.3 is 14.5 Å². The summed E-state index contributed by atoms with van der Waals surface area (Å²) in [5.74, 6) is 0.964. The van der Waals surface area contributed by atoms with E-state index in [-0.39, 0.29) is 5.56 Å². The molecule has 1 aromatic heterocycles. The Kier molecular flexibility index (Phi) is 5.59. The molecule has 0 saturated heterocycles. The Bertz CT molecular complexity index is 873. The number of methoxy groups -OCH3 is 1. The van der Waals surface area contributed by atoms with Crippen molar-refractivity contribution in [3.8, 4) is 34.8 Å². The van der Waals surface area contributed by atoms with E-state index in [9.17, 15) is 10.1 Å². The maximum absolute atomic E-state index is 12.0. The second-order valence-corrected chi connectivity index (χ2v) is 5.13. The number of para-hydroxylation sites is 1. The van der Waals surface area contributed by atoms with E-state index in [1.54, 1.807) is 31.2 Å². The van der Waals surface area contributed by atoms with Gasteiger partial charge in [-0.2, -0.15) is 10.5 Å². The molecule has 0 saturated carbocycles. The molecule has 1 heterocycles. The van der Waals surface area contributed by atoms with Crippen molar-refractivity contribution in [2.45, 2.75) is 19.8 Å². The minimum atomic E-state index is -0.439. The Morgan fingerprint density at radius 2 is 2.04 bits per heavy atom. The van der Waals surface area contributed by atoms with Gasteiger partial charge in [0.15, 0.2) is 11.5 Å². The molecule has 24 heavy (non-hydrogen) atoms. The maximum atomic E-state index is 12.0. The molecule has 1 N–H and O–H groups in total. The summed E-state index contributed by atoms with van der Waals surface area (Å²) < 4.78 is 11.1. The Labute approximate surface area is 139 Å². The second-order valence-electron chi connectivity index (χ2n) is 5.13. The second kappa shape index (κ2) is 7.85. The lowest BCUT2D eigenvalue weighted by Gasteiger charge is -2.16. The van der Waals surface area contributed by atoms with Crippen molar-refractivity contribution in [2.75, 3.05) is 13.7 Å². The molecule has 0 aliphatic carbocycles. The van der Waals surface area contributed by atoms with Crippen LogP contribution in [0.5, 0.6) is 11.5 Å². The quantitative estimate of drug-likeness (QED) is 0.824. The number of rotatable bonds is 6. The van der Waals surface area contributed by atoms with E-state index in [4.69, 9.17) is 14.7 Å². The van der Waals surface area contributed by atoms with Crippen LogP contribution in [0.1, 0.15) is 24.1 Å². The minimum Gasteiger partial charge on any atom is -0.493 e. The average Bonchev–Trinajstić information content (AvgIpc) is 2.58. The van der Waals surface area contributed by atoms with Crippen molar-refractivity contribution < 1.29 is 9.47 Å². The Balaban J connectivity index is 2.57. The van der Waals surface area contributed by atoms with Crippen molar-refractivity contribution in [1.82, 2.24) is 4.98 Å². The fraction of sp³-hybridized carbons (Fsp3) is 0.278. The smallest absolute Gasteiger partial charge is 0.266 e. The van der Waals surface area contributed by atoms with Gasteiger partial charge in [-0.05, 0) is 25.5 Å². The molecule has 0 atom stereocenters. The number of nitrogens with zero attached hydrogens (tertiary/aromatic N) is 2. The van der Waals surface area contributed by atoms with E-state index in [1.165, 1.54) is 7.11 Å². The van der Waals surface area contributed by atoms with E-state index in [1.807, 2.05) is 6.07 Å². The zero-order valence-electron chi connectivity index (χ0n) is 13.5.